The van der Waals surface area contributed by atoms with Crippen LogP contribution in [-0.2, 0) is 0 Å². The Hall–Kier alpha value is -1.82. The number of nitrogens with zero attached hydrogens (tertiary/aromatic N) is 3. The van der Waals surface area contributed by atoms with Gasteiger partial charge >= 0.3 is 0 Å². The number of likely N-dealkylation sites (tertiary alicyclic amines) is 1. The van der Waals surface area contributed by atoms with Crippen LogP contribution in [0.4, 0.5) is 4.39 Å². The molecule has 2 heterocycles. The molecule has 0 unspecified atom stereocenters. The van der Waals surface area contributed by atoms with Crippen molar-refractivity contribution in [1.82, 2.24) is 14.5 Å². The monoisotopic (exact) mass is 319 g/mol. The number of rotatable bonds is 3. The Labute approximate surface area is 133 Å². The fourth-order valence-electron chi connectivity index (χ4n) is 2.73. The normalized spacial score (nSPS) is 15.1. The summed E-state index contributed by atoms with van der Waals surface area (Å²) < 4.78 is 15.0. The van der Waals surface area contributed by atoms with Crippen LogP contribution in [0.3, 0.4) is 0 Å². The quantitative estimate of drug-likeness (QED) is 0.814. The first-order valence-electron chi connectivity index (χ1n) is 7.37. The summed E-state index contributed by atoms with van der Waals surface area (Å²) in [6.45, 7) is 1.59. The summed E-state index contributed by atoms with van der Waals surface area (Å²) in [7, 11) is 0. The number of carbonyl (C=O) groups excluding carboxylic acids is 1. The van der Waals surface area contributed by atoms with Crippen LogP contribution in [0.1, 0.15) is 29.8 Å². The molecule has 1 aromatic heterocycles. The zero-order valence-corrected chi connectivity index (χ0v) is 13.3. The number of imidazole rings is 1. The van der Waals surface area contributed by atoms with Gasteiger partial charge in [-0.15, -0.1) is 0 Å². The lowest BCUT2D eigenvalue weighted by Crippen LogP contribution is -2.36. The molecule has 0 bridgehead atoms. The Bertz CT molecular complexity index is 663. The highest BCUT2D eigenvalue weighted by atomic mass is 32.2. The number of hydrogen-bond acceptors (Lipinski definition) is 3. The number of hydrogen-bond donors (Lipinski definition) is 0. The van der Waals surface area contributed by atoms with E-state index in [1.807, 2.05) is 11.2 Å². The molecule has 3 rings (SSSR count). The second-order valence-electron chi connectivity index (χ2n) is 5.29. The number of piperidine rings is 1. The zero-order valence-electron chi connectivity index (χ0n) is 12.5. The van der Waals surface area contributed by atoms with Crippen molar-refractivity contribution in [2.75, 3.05) is 19.3 Å². The molecule has 116 valence electrons. The molecule has 4 nitrogen and oxygen atoms in total. The van der Waals surface area contributed by atoms with Gasteiger partial charge in [-0.3, -0.25) is 9.36 Å². The molecule has 1 fully saturated rings. The maximum Gasteiger partial charge on any atom is 0.272 e. The zero-order chi connectivity index (χ0) is 15.5. The average molecular weight is 319 g/mol. The van der Waals surface area contributed by atoms with E-state index in [9.17, 15) is 9.18 Å². The number of halogens is 1. The van der Waals surface area contributed by atoms with Crippen molar-refractivity contribution in [1.29, 1.82) is 0 Å². The fourth-order valence-corrected chi connectivity index (χ4v) is 3.27. The minimum absolute atomic E-state index is 0.00294. The molecule has 22 heavy (non-hydrogen) atoms. The van der Waals surface area contributed by atoms with E-state index in [2.05, 4.69) is 4.98 Å². The van der Waals surface area contributed by atoms with Gasteiger partial charge in [0.1, 0.15) is 11.5 Å². The van der Waals surface area contributed by atoms with Gasteiger partial charge in [0.2, 0.25) is 0 Å². The molecule has 1 aliphatic rings. The van der Waals surface area contributed by atoms with Crippen LogP contribution in [0.5, 0.6) is 0 Å². The highest BCUT2D eigenvalue weighted by molar-refractivity contribution is 7.98. The Kier molecular flexibility index (Phi) is 4.47. The van der Waals surface area contributed by atoms with E-state index in [0.29, 0.717) is 5.69 Å². The summed E-state index contributed by atoms with van der Waals surface area (Å²) >= 11 is 1.47. The maximum atomic E-state index is 13.2. The van der Waals surface area contributed by atoms with E-state index in [4.69, 9.17) is 0 Å². The summed E-state index contributed by atoms with van der Waals surface area (Å²) in [6, 6.07) is 6.14. The third kappa shape index (κ3) is 2.88. The van der Waals surface area contributed by atoms with Crippen molar-refractivity contribution < 1.29 is 9.18 Å². The van der Waals surface area contributed by atoms with Crippen LogP contribution in [0.15, 0.2) is 35.6 Å². The van der Waals surface area contributed by atoms with E-state index in [-0.39, 0.29) is 11.7 Å². The predicted molar refractivity (Wildman–Crippen MR) is 85.1 cm³/mol. The SMILES string of the molecule is CSc1ncc(C(=O)N2CCCCC2)n1-c1ccc(F)cc1. The average Bonchev–Trinajstić information content (AvgIpc) is 2.99. The Morgan fingerprint density at radius 1 is 1.18 bits per heavy atom. The molecule has 1 amide bonds. The van der Waals surface area contributed by atoms with Crippen LogP contribution in [0.2, 0.25) is 0 Å². The molecule has 0 aliphatic carbocycles. The fraction of sp³-hybridized carbons (Fsp3) is 0.375. The first-order chi connectivity index (χ1) is 10.7. The van der Waals surface area contributed by atoms with Gasteiger partial charge in [0.15, 0.2) is 5.16 Å². The van der Waals surface area contributed by atoms with Gasteiger partial charge in [-0.05, 0) is 49.8 Å². The lowest BCUT2D eigenvalue weighted by Gasteiger charge is -2.27. The summed E-state index contributed by atoms with van der Waals surface area (Å²) in [5.74, 6) is -0.296. The van der Waals surface area contributed by atoms with Gasteiger partial charge in [0, 0.05) is 18.8 Å². The molecule has 0 radical (unpaired) electrons. The van der Waals surface area contributed by atoms with E-state index in [0.717, 1.165) is 36.8 Å². The lowest BCUT2D eigenvalue weighted by molar-refractivity contribution is 0.0715. The largest absolute Gasteiger partial charge is 0.337 e. The van der Waals surface area contributed by atoms with E-state index >= 15 is 0 Å². The van der Waals surface area contributed by atoms with Crippen molar-refractivity contribution in [3.05, 3.63) is 42.0 Å². The van der Waals surface area contributed by atoms with E-state index < -0.39 is 0 Å². The number of amides is 1. The van der Waals surface area contributed by atoms with Crippen LogP contribution in [0.25, 0.3) is 5.69 Å². The van der Waals surface area contributed by atoms with Crippen molar-refractivity contribution in [3.63, 3.8) is 0 Å². The standard InChI is InChI=1S/C16H18FN3OS/c1-22-16-18-11-14(15(21)19-9-3-2-4-10-19)20(16)13-7-5-12(17)6-8-13/h5-8,11H,2-4,9-10H2,1H3. The van der Waals surface area contributed by atoms with Crippen LogP contribution >= 0.6 is 11.8 Å². The first-order valence-corrected chi connectivity index (χ1v) is 8.60. The number of benzene rings is 1. The van der Waals surface area contributed by atoms with Crippen LogP contribution in [-0.4, -0.2) is 39.7 Å². The second-order valence-corrected chi connectivity index (χ2v) is 6.07. The topological polar surface area (TPSA) is 38.1 Å². The van der Waals surface area contributed by atoms with Crippen LogP contribution in [0, 0.1) is 5.82 Å². The number of thioether (sulfide) groups is 1. The minimum Gasteiger partial charge on any atom is -0.337 e. The molecule has 1 aliphatic heterocycles. The molecule has 0 spiro atoms. The molecule has 0 atom stereocenters. The van der Waals surface area contributed by atoms with Gasteiger partial charge < -0.3 is 4.90 Å². The third-order valence-corrected chi connectivity index (χ3v) is 4.51. The summed E-state index contributed by atoms with van der Waals surface area (Å²) in [5, 5.41) is 0.729. The predicted octanol–water partition coefficient (Wildman–Crippen LogP) is 3.36. The molecule has 0 saturated carbocycles. The molecular formula is C16H18FN3OS. The molecule has 6 heteroatoms. The minimum atomic E-state index is -0.293. The summed E-state index contributed by atoms with van der Waals surface area (Å²) in [6.07, 6.45) is 6.80. The molecule has 1 aromatic carbocycles. The summed E-state index contributed by atoms with van der Waals surface area (Å²) in [4.78, 5) is 19.0. The van der Waals surface area contributed by atoms with Gasteiger partial charge in [0.05, 0.1) is 6.20 Å². The second kappa shape index (κ2) is 6.52. The molecule has 2 aromatic rings. The van der Waals surface area contributed by atoms with Crippen molar-refractivity contribution in [3.8, 4) is 5.69 Å². The molecular weight excluding hydrogens is 301 g/mol. The van der Waals surface area contributed by atoms with Gasteiger partial charge in [-0.25, -0.2) is 9.37 Å². The maximum absolute atomic E-state index is 13.2. The van der Waals surface area contributed by atoms with Crippen molar-refractivity contribution >= 4 is 17.7 Å². The van der Waals surface area contributed by atoms with E-state index in [1.165, 1.54) is 30.3 Å². The lowest BCUT2D eigenvalue weighted by atomic mass is 10.1. The molecule has 1 saturated heterocycles. The summed E-state index contributed by atoms with van der Waals surface area (Å²) in [5.41, 5.74) is 1.29. The van der Waals surface area contributed by atoms with Gasteiger partial charge in [0.25, 0.3) is 5.91 Å². The van der Waals surface area contributed by atoms with E-state index in [1.54, 1.807) is 22.9 Å². The number of aromatic nitrogens is 2. The number of carbonyl (C=O) groups is 1. The van der Waals surface area contributed by atoms with Crippen LogP contribution < -0.4 is 0 Å². The highest BCUT2D eigenvalue weighted by Crippen LogP contribution is 2.24. The Morgan fingerprint density at radius 3 is 2.50 bits per heavy atom. The highest BCUT2D eigenvalue weighted by Gasteiger charge is 2.24. The molecule has 0 N–H and O–H groups in total. The van der Waals surface area contributed by atoms with Gasteiger partial charge in [-0.2, -0.15) is 0 Å². The van der Waals surface area contributed by atoms with Gasteiger partial charge in [-0.1, -0.05) is 11.8 Å². The first kappa shape index (κ1) is 15.1. The smallest absolute Gasteiger partial charge is 0.272 e. The van der Waals surface area contributed by atoms with Crippen molar-refractivity contribution in [2.24, 2.45) is 0 Å². The Morgan fingerprint density at radius 2 is 1.86 bits per heavy atom. The third-order valence-electron chi connectivity index (χ3n) is 3.86. The Balaban J connectivity index is 1.99. The van der Waals surface area contributed by atoms with Crippen molar-refractivity contribution in [2.45, 2.75) is 24.4 Å².